The summed E-state index contributed by atoms with van der Waals surface area (Å²) in [7, 11) is 0. The highest BCUT2D eigenvalue weighted by atomic mass is 16.3. The second kappa shape index (κ2) is 5.61. The third kappa shape index (κ3) is 3.65. The Balaban J connectivity index is 2.17. The molecule has 1 saturated carbocycles. The quantitative estimate of drug-likeness (QED) is 0.701. The Hall–Kier alpha value is -0.0800. The SMILES string of the molecule is CCC(C)NC1CCC(CO)CC1. The molecule has 1 aliphatic rings. The van der Waals surface area contributed by atoms with Crippen LogP contribution in [-0.2, 0) is 0 Å². The van der Waals surface area contributed by atoms with Gasteiger partial charge in [0.05, 0.1) is 0 Å². The molecule has 1 atom stereocenters. The topological polar surface area (TPSA) is 32.3 Å². The van der Waals surface area contributed by atoms with Crippen LogP contribution in [0.1, 0.15) is 46.0 Å². The summed E-state index contributed by atoms with van der Waals surface area (Å²) < 4.78 is 0. The van der Waals surface area contributed by atoms with Crippen LogP contribution in [0, 0.1) is 5.92 Å². The molecule has 0 amide bonds. The van der Waals surface area contributed by atoms with Crippen molar-refractivity contribution in [3.05, 3.63) is 0 Å². The molecule has 1 rings (SSSR count). The Kier molecular flexibility index (Phi) is 4.74. The first kappa shape index (κ1) is 11.0. The summed E-state index contributed by atoms with van der Waals surface area (Å²) in [5.74, 6) is 0.579. The maximum Gasteiger partial charge on any atom is 0.0459 e. The van der Waals surface area contributed by atoms with E-state index in [4.69, 9.17) is 5.11 Å². The maximum absolute atomic E-state index is 8.98. The summed E-state index contributed by atoms with van der Waals surface area (Å²) in [6, 6.07) is 1.36. The van der Waals surface area contributed by atoms with Crippen molar-refractivity contribution in [3.8, 4) is 0 Å². The van der Waals surface area contributed by atoms with E-state index < -0.39 is 0 Å². The van der Waals surface area contributed by atoms with Crippen LogP contribution >= 0.6 is 0 Å². The summed E-state index contributed by atoms with van der Waals surface area (Å²) >= 11 is 0. The number of aliphatic hydroxyl groups is 1. The van der Waals surface area contributed by atoms with Crippen LogP contribution in [0.4, 0.5) is 0 Å². The minimum Gasteiger partial charge on any atom is -0.396 e. The zero-order valence-electron chi connectivity index (χ0n) is 8.92. The van der Waals surface area contributed by atoms with Gasteiger partial charge in [-0.15, -0.1) is 0 Å². The van der Waals surface area contributed by atoms with Crippen molar-refractivity contribution in [2.75, 3.05) is 6.61 Å². The fourth-order valence-electron chi connectivity index (χ4n) is 2.03. The van der Waals surface area contributed by atoms with Crippen molar-refractivity contribution in [1.82, 2.24) is 5.32 Å². The third-order valence-corrected chi connectivity index (χ3v) is 3.24. The summed E-state index contributed by atoms with van der Waals surface area (Å²) in [4.78, 5) is 0. The molecule has 0 aliphatic heterocycles. The molecule has 0 radical (unpaired) electrons. The van der Waals surface area contributed by atoms with Gasteiger partial charge in [-0.25, -0.2) is 0 Å². The van der Waals surface area contributed by atoms with Crippen LogP contribution in [-0.4, -0.2) is 23.8 Å². The van der Waals surface area contributed by atoms with E-state index in [1.165, 1.54) is 32.1 Å². The summed E-state index contributed by atoms with van der Waals surface area (Å²) in [5, 5.41) is 12.6. The maximum atomic E-state index is 8.98. The van der Waals surface area contributed by atoms with Crippen molar-refractivity contribution in [2.24, 2.45) is 5.92 Å². The van der Waals surface area contributed by atoms with Crippen molar-refractivity contribution < 1.29 is 5.11 Å². The molecule has 1 fully saturated rings. The molecule has 2 heteroatoms. The lowest BCUT2D eigenvalue weighted by Gasteiger charge is -2.30. The first-order valence-corrected chi connectivity index (χ1v) is 5.63. The normalized spacial score (nSPS) is 31.6. The van der Waals surface area contributed by atoms with Gasteiger partial charge in [-0.05, 0) is 44.9 Å². The number of rotatable bonds is 4. The van der Waals surface area contributed by atoms with E-state index >= 15 is 0 Å². The van der Waals surface area contributed by atoms with E-state index in [2.05, 4.69) is 19.2 Å². The lowest BCUT2D eigenvalue weighted by molar-refractivity contribution is 0.172. The van der Waals surface area contributed by atoms with E-state index in [9.17, 15) is 0 Å². The van der Waals surface area contributed by atoms with Gasteiger partial charge in [-0.1, -0.05) is 6.92 Å². The fourth-order valence-corrected chi connectivity index (χ4v) is 2.03. The molecule has 0 aromatic heterocycles. The van der Waals surface area contributed by atoms with Crippen LogP contribution in [0.3, 0.4) is 0 Å². The van der Waals surface area contributed by atoms with Gasteiger partial charge in [0.2, 0.25) is 0 Å². The molecule has 0 heterocycles. The first-order chi connectivity index (χ1) is 6.26. The highest BCUT2D eigenvalue weighted by Gasteiger charge is 2.20. The smallest absolute Gasteiger partial charge is 0.0459 e. The zero-order chi connectivity index (χ0) is 9.68. The summed E-state index contributed by atoms with van der Waals surface area (Å²) in [5.41, 5.74) is 0. The summed E-state index contributed by atoms with van der Waals surface area (Å²) in [6.45, 7) is 4.85. The first-order valence-electron chi connectivity index (χ1n) is 5.63. The van der Waals surface area contributed by atoms with Gasteiger partial charge in [0, 0.05) is 18.7 Å². The molecule has 1 unspecified atom stereocenters. The molecule has 0 bridgehead atoms. The molecular weight excluding hydrogens is 162 g/mol. The van der Waals surface area contributed by atoms with E-state index in [0.717, 1.165) is 0 Å². The molecule has 0 aromatic carbocycles. The van der Waals surface area contributed by atoms with Gasteiger partial charge in [-0.2, -0.15) is 0 Å². The Morgan fingerprint density at radius 3 is 2.38 bits per heavy atom. The van der Waals surface area contributed by atoms with Crippen LogP contribution < -0.4 is 5.32 Å². The predicted octanol–water partition coefficient (Wildman–Crippen LogP) is 1.93. The molecule has 1 aliphatic carbocycles. The monoisotopic (exact) mass is 185 g/mol. The standard InChI is InChI=1S/C11H23NO/c1-3-9(2)12-11-6-4-10(8-13)5-7-11/h9-13H,3-8H2,1-2H3. The van der Waals surface area contributed by atoms with Crippen LogP contribution in [0.2, 0.25) is 0 Å². The van der Waals surface area contributed by atoms with E-state index in [1.807, 2.05) is 0 Å². The van der Waals surface area contributed by atoms with Crippen molar-refractivity contribution in [1.29, 1.82) is 0 Å². The van der Waals surface area contributed by atoms with Gasteiger partial charge in [0.15, 0.2) is 0 Å². The molecule has 2 N–H and O–H groups in total. The highest BCUT2D eigenvalue weighted by molar-refractivity contribution is 4.78. The highest BCUT2D eigenvalue weighted by Crippen LogP contribution is 2.23. The van der Waals surface area contributed by atoms with Gasteiger partial charge in [0.25, 0.3) is 0 Å². The largest absolute Gasteiger partial charge is 0.396 e. The molecule has 0 aromatic rings. The van der Waals surface area contributed by atoms with Crippen molar-refractivity contribution in [2.45, 2.75) is 58.0 Å². The minimum atomic E-state index is 0.385. The van der Waals surface area contributed by atoms with Crippen molar-refractivity contribution in [3.63, 3.8) is 0 Å². The van der Waals surface area contributed by atoms with E-state index in [-0.39, 0.29) is 0 Å². The van der Waals surface area contributed by atoms with Gasteiger partial charge in [-0.3, -0.25) is 0 Å². The summed E-state index contributed by atoms with van der Waals surface area (Å²) in [6.07, 6.45) is 6.10. The second-order valence-corrected chi connectivity index (χ2v) is 4.38. The van der Waals surface area contributed by atoms with Crippen LogP contribution in [0.15, 0.2) is 0 Å². The molecule has 0 saturated heterocycles. The average molecular weight is 185 g/mol. The number of hydrogen-bond acceptors (Lipinski definition) is 2. The molecular formula is C11H23NO. The van der Waals surface area contributed by atoms with Gasteiger partial charge >= 0.3 is 0 Å². The molecule has 0 spiro atoms. The Labute approximate surface area is 81.7 Å². The van der Waals surface area contributed by atoms with Gasteiger partial charge in [0.1, 0.15) is 0 Å². The number of hydrogen-bond donors (Lipinski definition) is 2. The Bertz CT molecular complexity index is 130. The molecule has 78 valence electrons. The van der Waals surface area contributed by atoms with Crippen molar-refractivity contribution >= 4 is 0 Å². The van der Waals surface area contributed by atoms with Gasteiger partial charge < -0.3 is 10.4 Å². The number of aliphatic hydroxyl groups excluding tert-OH is 1. The number of nitrogens with one attached hydrogen (secondary N) is 1. The molecule has 13 heavy (non-hydrogen) atoms. The lowest BCUT2D eigenvalue weighted by Crippen LogP contribution is -2.39. The van der Waals surface area contributed by atoms with Crippen LogP contribution in [0.5, 0.6) is 0 Å². The Morgan fingerprint density at radius 2 is 1.92 bits per heavy atom. The lowest BCUT2D eigenvalue weighted by atomic mass is 9.86. The Morgan fingerprint density at radius 1 is 1.31 bits per heavy atom. The zero-order valence-corrected chi connectivity index (χ0v) is 8.92. The fraction of sp³-hybridized carbons (Fsp3) is 1.00. The predicted molar refractivity (Wildman–Crippen MR) is 55.7 cm³/mol. The van der Waals surface area contributed by atoms with E-state index in [0.29, 0.717) is 24.6 Å². The van der Waals surface area contributed by atoms with Crippen LogP contribution in [0.25, 0.3) is 0 Å². The average Bonchev–Trinajstić information content (AvgIpc) is 2.19. The molecule has 2 nitrogen and oxygen atoms in total. The third-order valence-electron chi connectivity index (χ3n) is 3.24. The minimum absolute atomic E-state index is 0.385. The van der Waals surface area contributed by atoms with E-state index in [1.54, 1.807) is 0 Å². The second-order valence-electron chi connectivity index (χ2n) is 4.38.